The molecule has 1 aliphatic rings. The van der Waals surface area contributed by atoms with E-state index in [2.05, 4.69) is 29.3 Å². The van der Waals surface area contributed by atoms with Gasteiger partial charge >= 0.3 is 0 Å². The number of hydrogen-bond acceptors (Lipinski definition) is 7. The molecule has 188 valence electrons. The first-order valence-corrected chi connectivity index (χ1v) is 12.6. The summed E-state index contributed by atoms with van der Waals surface area (Å²) in [6.45, 7) is 6.06. The molecule has 1 aliphatic carbocycles. The molecule has 2 aromatic heterocycles. The van der Waals surface area contributed by atoms with Crippen molar-refractivity contribution in [3.8, 4) is 5.75 Å². The van der Waals surface area contributed by atoms with Gasteiger partial charge in [0.25, 0.3) is 11.8 Å². The molecule has 2 heterocycles. The number of thiazole rings is 1. The lowest BCUT2D eigenvalue weighted by Crippen LogP contribution is -2.47. The first-order valence-electron chi connectivity index (χ1n) is 11.8. The lowest BCUT2D eigenvalue weighted by Gasteiger charge is -2.33. The molecule has 0 bridgehead atoms. The third-order valence-electron chi connectivity index (χ3n) is 6.56. The van der Waals surface area contributed by atoms with E-state index in [1.54, 1.807) is 36.1 Å². The summed E-state index contributed by atoms with van der Waals surface area (Å²) < 4.78 is 7.62. The maximum absolute atomic E-state index is 13.7. The molecule has 10 heteroatoms. The Morgan fingerprint density at radius 2 is 1.77 bits per heavy atom. The minimum atomic E-state index is -0.389. The number of carbonyl (C=O) groups is 2. The van der Waals surface area contributed by atoms with Crippen molar-refractivity contribution in [2.75, 3.05) is 33.6 Å². The van der Waals surface area contributed by atoms with Gasteiger partial charge < -0.3 is 14.5 Å². The molecule has 1 N–H and O–H groups in total. The van der Waals surface area contributed by atoms with Gasteiger partial charge in [-0.25, -0.2) is 4.68 Å². The smallest absolute Gasteiger partial charge is 0.275 e. The molecule has 2 atom stereocenters. The molecule has 0 saturated heterocycles. The van der Waals surface area contributed by atoms with Gasteiger partial charge in [-0.15, -0.1) is 0 Å². The van der Waals surface area contributed by atoms with Gasteiger partial charge in [0.1, 0.15) is 10.4 Å². The van der Waals surface area contributed by atoms with Crippen LogP contribution in [0.4, 0.5) is 5.13 Å². The number of hydrogen-bond donors (Lipinski definition) is 1. The molecule has 2 amide bonds. The summed E-state index contributed by atoms with van der Waals surface area (Å²) >= 11 is 1.28. The number of methoxy groups -OCH3 is 1. The van der Waals surface area contributed by atoms with Crippen molar-refractivity contribution in [3.63, 3.8) is 0 Å². The molecule has 3 aromatic rings. The number of rotatable bonds is 6. The number of ether oxygens (including phenoxy) is 1. The topological polar surface area (TPSA) is 92.6 Å². The maximum atomic E-state index is 13.7. The van der Waals surface area contributed by atoms with Gasteiger partial charge in [0.15, 0.2) is 16.5 Å². The molecule has 4 rings (SSSR count). The van der Waals surface area contributed by atoms with Crippen molar-refractivity contribution in [1.29, 1.82) is 0 Å². The molecule has 1 aromatic carbocycles. The summed E-state index contributed by atoms with van der Waals surface area (Å²) in [5.74, 6) is 0.287. The zero-order valence-electron chi connectivity index (χ0n) is 21.5. The largest absolute Gasteiger partial charge is 0.497 e. The van der Waals surface area contributed by atoms with Crippen LogP contribution >= 0.6 is 11.3 Å². The first-order chi connectivity index (χ1) is 16.5. The fourth-order valence-corrected chi connectivity index (χ4v) is 5.59. The molecule has 0 aliphatic heterocycles. The number of fused-ring (bicyclic) bond motifs is 1. The van der Waals surface area contributed by atoms with Crippen LogP contribution in [0.15, 0.2) is 24.3 Å². The van der Waals surface area contributed by atoms with Crippen molar-refractivity contribution in [1.82, 2.24) is 24.6 Å². The standard InChI is InChI=1S/C25H34N6O3S/c1-25(2,3)31-21-20(19(28-31)23(33)30(6)18-10-8-9-17(18)29(4)5)35-24(26-21)27-22(32)15-11-13-16(34-7)14-12-15/h11-14,17-18H,8-10H2,1-7H3,(H,26,27,32)/t17-,18-/m1/s1. The zero-order valence-corrected chi connectivity index (χ0v) is 22.3. The van der Waals surface area contributed by atoms with Crippen LogP contribution < -0.4 is 10.1 Å². The maximum Gasteiger partial charge on any atom is 0.275 e. The third-order valence-corrected chi connectivity index (χ3v) is 7.53. The van der Waals surface area contributed by atoms with Crippen LogP contribution in [0, 0.1) is 0 Å². The summed E-state index contributed by atoms with van der Waals surface area (Å²) in [5, 5.41) is 8.02. The van der Waals surface area contributed by atoms with Gasteiger partial charge in [0.05, 0.1) is 12.6 Å². The molecule has 1 saturated carbocycles. The van der Waals surface area contributed by atoms with Crippen LogP contribution in [0.25, 0.3) is 10.3 Å². The van der Waals surface area contributed by atoms with Gasteiger partial charge in [0, 0.05) is 24.7 Å². The molecule has 35 heavy (non-hydrogen) atoms. The molecular formula is C25H34N6O3S. The Bertz CT molecular complexity index is 1220. The van der Waals surface area contributed by atoms with Crippen LogP contribution in [0.3, 0.4) is 0 Å². The van der Waals surface area contributed by atoms with Gasteiger partial charge in [-0.2, -0.15) is 10.1 Å². The fraction of sp³-hybridized carbons (Fsp3) is 0.520. The van der Waals surface area contributed by atoms with Crippen LogP contribution in [-0.2, 0) is 5.54 Å². The Kier molecular flexibility index (Phi) is 6.88. The van der Waals surface area contributed by atoms with Gasteiger partial charge in [-0.1, -0.05) is 11.3 Å². The first kappa shape index (κ1) is 25.1. The van der Waals surface area contributed by atoms with E-state index in [1.165, 1.54) is 11.3 Å². The van der Waals surface area contributed by atoms with Crippen molar-refractivity contribution in [2.45, 2.75) is 57.7 Å². The lowest BCUT2D eigenvalue weighted by molar-refractivity contribution is 0.0661. The monoisotopic (exact) mass is 498 g/mol. The van der Waals surface area contributed by atoms with Crippen LogP contribution in [-0.4, -0.2) is 76.7 Å². The summed E-state index contributed by atoms with van der Waals surface area (Å²) in [6.07, 6.45) is 3.14. The second-order valence-electron chi connectivity index (χ2n) is 10.2. The molecule has 0 unspecified atom stereocenters. The van der Waals surface area contributed by atoms with E-state index in [0.29, 0.717) is 38.5 Å². The Hall–Kier alpha value is -2.98. The number of carbonyl (C=O) groups excluding carboxylic acids is 2. The highest BCUT2D eigenvalue weighted by Gasteiger charge is 2.37. The van der Waals surface area contributed by atoms with E-state index in [1.807, 2.05) is 32.7 Å². The van der Waals surface area contributed by atoms with Crippen LogP contribution in [0.5, 0.6) is 5.75 Å². The van der Waals surface area contributed by atoms with Crippen molar-refractivity contribution >= 4 is 38.6 Å². The van der Waals surface area contributed by atoms with Gasteiger partial charge in [-0.3, -0.25) is 14.9 Å². The van der Waals surface area contributed by atoms with Crippen molar-refractivity contribution in [2.24, 2.45) is 0 Å². The summed E-state index contributed by atoms with van der Waals surface area (Å²) in [5.41, 5.74) is 1.08. The Labute approximate surface area is 210 Å². The minimum absolute atomic E-state index is 0.117. The zero-order chi connectivity index (χ0) is 25.5. The number of aromatic nitrogens is 3. The minimum Gasteiger partial charge on any atom is -0.497 e. The van der Waals surface area contributed by atoms with Gasteiger partial charge in [-0.05, 0) is 78.4 Å². The number of nitrogens with zero attached hydrogens (tertiary/aromatic N) is 5. The average molecular weight is 499 g/mol. The van der Waals surface area contributed by atoms with E-state index in [0.717, 1.165) is 19.3 Å². The fourth-order valence-electron chi connectivity index (χ4n) is 4.67. The number of nitrogens with one attached hydrogen (secondary N) is 1. The van der Waals surface area contributed by atoms with E-state index in [9.17, 15) is 9.59 Å². The normalized spacial score (nSPS) is 18.3. The summed E-state index contributed by atoms with van der Waals surface area (Å²) in [7, 11) is 7.58. The molecule has 1 fully saturated rings. The molecule has 0 spiro atoms. The van der Waals surface area contributed by atoms with E-state index >= 15 is 0 Å². The summed E-state index contributed by atoms with van der Waals surface area (Å²) in [4.78, 5) is 35.2. The Morgan fingerprint density at radius 3 is 2.37 bits per heavy atom. The van der Waals surface area contributed by atoms with E-state index < -0.39 is 0 Å². The van der Waals surface area contributed by atoms with Gasteiger partial charge in [0.2, 0.25) is 0 Å². The Morgan fingerprint density at radius 1 is 1.11 bits per heavy atom. The van der Waals surface area contributed by atoms with Crippen molar-refractivity contribution < 1.29 is 14.3 Å². The highest BCUT2D eigenvalue weighted by Crippen LogP contribution is 2.34. The highest BCUT2D eigenvalue weighted by molar-refractivity contribution is 7.22. The number of likely N-dealkylation sites (N-methyl/N-ethyl adjacent to an activating group) is 2. The van der Waals surface area contributed by atoms with Crippen molar-refractivity contribution in [3.05, 3.63) is 35.5 Å². The number of anilines is 1. The quantitative estimate of drug-likeness (QED) is 0.551. The molecular weight excluding hydrogens is 464 g/mol. The third kappa shape index (κ3) is 4.90. The number of amides is 2. The predicted molar refractivity (Wildman–Crippen MR) is 139 cm³/mol. The van der Waals surface area contributed by atoms with Crippen LogP contribution in [0.1, 0.15) is 60.9 Å². The lowest BCUT2D eigenvalue weighted by atomic mass is 10.1. The van der Waals surface area contributed by atoms with E-state index in [4.69, 9.17) is 9.84 Å². The molecule has 0 radical (unpaired) electrons. The van der Waals surface area contributed by atoms with Crippen LogP contribution in [0.2, 0.25) is 0 Å². The highest BCUT2D eigenvalue weighted by atomic mass is 32.1. The predicted octanol–water partition coefficient (Wildman–Crippen LogP) is 4.06. The Balaban J connectivity index is 1.66. The number of benzene rings is 1. The molecule has 9 nitrogen and oxygen atoms in total. The average Bonchev–Trinajstić information content (AvgIpc) is 3.52. The second-order valence-corrected chi connectivity index (χ2v) is 11.2. The SMILES string of the molecule is COc1ccc(C(=O)Nc2nc3c(s2)c(C(=O)N(C)[C@@H]2CCC[C@H]2N(C)C)nn3C(C)(C)C)cc1. The van der Waals surface area contributed by atoms with E-state index in [-0.39, 0.29) is 23.4 Å². The second kappa shape index (κ2) is 9.58. The summed E-state index contributed by atoms with van der Waals surface area (Å²) in [6, 6.07) is 7.33.